The average molecular weight is 240 g/mol. The predicted molar refractivity (Wildman–Crippen MR) is 63.9 cm³/mol. The van der Waals surface area contributed by atoms with E-state index in [0.717, 1.165) is 12.0 Å². The molecule has 3 nitrogen and oxygen atoms in total. The van der Waals surface area contributed by atoms with Crippen molar-refractivity contribution >= 4 is 28.3 Å². The number of benzene rings is 1. The third-order valence-electron chi connectivity index (χ3n) is 2.43. The number of rotatable bonds is 2. The zero-order valence-corrected chi connectivity index (χ0v) is 9.48. The lowest BCUT2D eigenvalue weighted by Gasteiger charge is -2.08. The number of halogens is 2. The second-order valence-corrected chi connectivity index (χ2v) is 3.89. The van der Waals surface area contributed by atoms with E-state index >= 15 is 0 Å². The van der Waals surface area contributed by atoms with Crippen molar-refractivity contribution in [3.63, 3.8) is 0 Å². The number of hydrogen-bond donors (Lipinski definition) is 2. The van der Waals surface area contributed by atoms with E-state index in [1.165, 1.54) is 6.07 Å². The van der Waals surface area contributed by atoms with Crippen LogP contribution in [0.15, 0.2) is 18.2 Å². The number of fused-ring (bicyclic) bond motifs is 1. The lowest BCUT2D eigenvalue weighted by molar-refractivity contribution is 0.637. The maximum absolute atomic E-state index is 13.6. The molecule has 0 unspecified atom stereocenters. The summed E-state index contributed by atoms with van der Waals surface area (Å²) in [6.07, 6.45) is 0.761. The van der Waals surface area contributed by atoms with E-state index in [9.17, 15) is 4.39 Å². The van der Waals surface area contributed by atoms with Crippen LogP contribution in [-0.2, 0) is 6.42 Å². The molecule has 2 rings (SSSR count). The van der Waals surface area contributed by atoms with E-state index in [1.807, 2.05) is 13.0 Å². The molecule has 16 heavy (non-hydrogen) atoms. The summed E-state index contributed by atoms with van der Waals surface area (Å²) in [5, 5.41) is 1.04. The van der Waals surface area contributed by atoms with Crippen molar-refractivity contribution in [3.05, 3.63) is 34.6 Å². The van der Waals surface area contributed by atoms with Gasteiger partial charge in [-0.3, -0.25) is 0 Å². The minimum atomic E-state index is -0.443. The first-order valence-corrected chi connectivity index (χ1v) is 5.28. The fourth-order valence-electron chi connectivity index (χ4n) is 1.65. The third kappa shape index (κ3) is 1.81. The Balaban J connectivity index is 2.78. The fourth-order valence-corrected chi connectivity index (χ4v) is 1.86. The summed E-state index contributed by atoms with van der Waals surface area (Å²) >= 11 is 5.79. The Kier molecular flexibility index (Phi) is 2.94. The summed E-state index contributed by atoms with van der Waals surface area (Å²) in [4.78, 5) is 4.14. The first kappa shape index (κ1) is 11.1. The summed E-state index contributed by atoms with van der Waals surface area (Å²) in [5.74, 6) is 5.39. The molecule has 0 spiro atoms. The molecule has 0 fully saturated rings. The molecule has 0 amide bonds. The number of aryl methyl sites for hydroxylation is 1. The molecule has 0 aliphatic heterocycles. The largest absolute Gasteiger partial charge is 0.308 e. The van der Waals surface area contributed by atoms with Gasteiger partial charge in [-0.15, -0.1) is 0 Å². The lowest BCUT2D eigenvalue weighted by Crippen LogP contribution is -2.11. The normalized spacial score (nSPS) is 10.8. The number of aromatic nitrogens is 1. The summed E-state index contributed by atoms with van der Waals surface area (Å²) < 4.78 is 13.6. The monoisotopic (exact) mass is 239 g/mol. The standard InChI is InChI=1S/C11H11ClFN3/c1-2-6-3-7-4-8(12)5-9(13)10(7)15-11(6)16-14/h3-5H,2,14H2,1H3,(H,15,16). The Hall–Kier alpha value is -1.39. The maximum Gasteiger partial charge on any atom is 0.150 e. The van der Waals surface area contributed by atoms with Gasteiger partial charge in [-0.2, -0.15) is 0 Å². The molecule has 0 atom stereocenters. The average Bonchev–Trinajstić information content (AvgIpc) is 2.27. The van der Waals surface area contributed by atoms with Crippen LogP contribution in [0.4, 0.5) is 10.2 Å². The van der Waals surface area contributed by atoms with Crippen LogP contribution in [0.5, 0.6) is 0 Å². The van der Waals surface area contributed by atoms with Gasteiger partial charge in [0.1, 0.15) is 11.3 Å². The number of nitrogens with two attached hydrogens (primary N) is 1. The minimum absolute atomic E-state index is 0.273. The van der Waals surface area contributed by atoms with E-state index < -0.39 is 5.82 Å². The molecule has 1 aromatic carbocycles. The Labute approximate surface area is 97.4 Å². The van der Waals surface area contributed by atoms with Crippen molar-refractivity contribution in [2.75, 3.05) is 5.43 Å². The van der Waals surface area contributed by atoms with Crippen LogP contribution in [0, 0.1) is 5.82 Å². The molecule has 84 valence electrons. The third-order valence-corrected chi connectivity index (χ3v) is 2.65. The van der Waals surface area contributed by atoms with Crippen LogP contribution in [0.2, 0.25) is 5.02 Å². The molecule has 0 saturated carbocycles. The summed E-state index contributed by atoms with van der Waals surface area (Å²) in [7, 11) is 0. The number of nitrogens with one attached hydrogen (secondary N) is 1. The Morgan fingerprint density at radius 1 is 1.44 bits per heavy atom. The van der Waals surface area contributed by atoms with Gasteiger partial charge in [-0.25, -0.2) is 15.2 Å². The molecule has 0 saturated heterocycles. The van der Waals surface area contributed by atoms with Gasteiger partial charge in [0, 0.05) is 10.4 Å². The Bertz CT molecular complexity index is 542. The van der Waals surface area contributed by atoms with Gasteiger partial charge in [-0.1, -0.05) is 18.5 Å². The van der Waals surface area contributed by atoms with E-state index in [4.69, 9.17) is 17.4 Å². The molecule has 0 aliphatic carbocycles. The van der Waals surface area contributed by atoms with Gasteiger partial charge in [0.05, 0.1) is 0 Å². The van der Waals surface area contributed by atoms with Gasteiger partial charge >= 0.3 is 0 Å². The van der Waals surface area contributed by atoms with Crippen LogP contribution < -0.4 is 11.3 Å². The van der Waals surface area contributed by atoms with Crippen LogP contribution in [0.3, 0.4) is 0 Å². The Morgan fingerprint density at radius 3 is 2.81 bits per heavy atom. The molecule has 0 radical (unpaired) electrons. The topological polar surface area (TPSA) is 50.9 Å². The van der Waals surface area contributed by atoms with Gasteiger partial charge < -0.3 is 5.43 Å². The highest BCUT2D eigenvalue weighted by Crippen LogP contribution is 2.25. The highest BCUT2D eigenvalue weighted by molar-refractivity contribution is 6.31. The minimum Gasteiger partial charge on any atom is -0.308 e. The van der Waals surface area contributed by atoms with Crippen LogP contribution >= 0.6 is 11.6 Å². The molecule has 1 aromatic heterocycles. The number of nitrogens with zero attached hydrogens (tertiary/aromatic N) is 1. The Morgan fingerprint density at radius 2 is 2.19 bits per heavy atom. The quantitative estimate of drug-likeness (QED) is 0.626. The summed E-state index contributed by atoms with van der Waals surface area (Å²) in [5.41, 5.74) is 3.67. The second kappa shape index (κ2) is 4.23. The first-order chi connectivity index (χ1) is 7.65. The fraction of sp³-hybridized carbons (Fsp3) is 0.182. The zero-order valence-electron chi connectivity index (χ0n) is 8.72. The molecule has 1 heterocycles. The maximum atomic E-state index is 13.6. The van der Waals surface area contributed by atoms with Crippen molar-refractivity contribution in [1.82, 2.24) is 4.98 Å². The lowest BCUT2D eigenvalue weighted by atomic mass is 10.1. The van der Waals surface area contributed by atoms with Crippen LogP contribution in [0.1, 0.15) is 12.5 Å². The first-order valence-electron chi connectivity index (χ1n) is 4.91. The predicted octanol–water partition coefficient (Wildman–Crippen LogP) is 2.88. The number of pyridine rings is 1. The number of anilines is 1. The van der Waals surface area contributed by atoms with Gasteiger partial charge in [0.25, 0.3) is 0 Å². The smallest absolute Gasteiger partial charge is 0.150 e. The summed E-state index contributed by atoms with van der Waals surface area (Å²) in [6, 6.07) is 4.77. The van der Waals surface area contributed by atoms with Crippen LogP contribution in [-0.4, -0.2) is 4.98 Å². The molecule has 3 N–H and O–H groups in total. The van der Waals surface area contributed by atoms with Crippen molar-refractivity contribution in [2.45, 2.75) is 13.3 Å². The summed E-state index contributed by atoms with van der Waals surface area (Å²) in [6.45, 7) is 1.98. The van der Waals surface area contributed by atoms with Crippen molar-refractivity contribution in [3.8, 4) is 0 Å². The molecule has 2 aromatic rings. The SMILES string of the molecule is CCc1cc2cc(Cl)cc(F)c2nc1NN. The van der Waals surface area contributed by atoms with Gasteiger partial charge in [0.2, 0.25) is 0 Å². The van der Waals surface area contributed by atoms with Crippen LogP contribution in [0.25, 0.3) is 10.9 Å². The highest BCUT2D eigenvalue weighted by atomic mass is 35.5. The number of hydrazine groups is 1. The van der Waals surface area contributed by atoms with E-state index in [1.54, 1.807) is 6.07 Å². The van der Waals surface area contributed by atoms with Crippen molar-refractivity contribution in [2.24, 2.45) is 5.84 Å². The highest BCUT2D eigenvalue weighted by Gasteiger charge is 2.09. The van der Waals surface area contributed by atoms with E-state index in [-0.39, 0.29) is 5.52 Å². The zero-order chi connectivity index (χ0) is 11.7. The second-order valence-electron chi connectivity index (χ2n) is 3.45. The van der Waals surface area contributed by atoms with Crippen molar-refractivity contribution < 1.29 is 4.39 Å². The van der Waals surface area contributed by atoms with Crippen molar-refractivity contribution in [1.29, 1.82) is 0 Å². The molecular weight excluding hydrogens is 229 g/mol. The molecular formula is C11H11ClFN3. The van der Waals surface area contributed by atoms with E-state index in [2.05, 4.69) is 10.4 Å². The number of nitrogen functional groups attached to an aromatic ring is 1. The van der Waals surface area contributed by atoms with Gasteiger partial charge in [-0.05, 0) is 30.2 Å². The molecule has 0 aliphatic rings. The number of hydrogen-bond acceptors (Lipinski definition) is 3. The molecule has 5 heteroatoms. The molecule has 0 bridgehead atoms. The van der Waals surface area contributed by atoms with E-state index in [0.29, 0.717) is 16.2 Å². The van der Waals surface area contributed by atoms with Gasteiger partial charge in [0.15, 0.2) is 5.82 Å².